The van der Waals surface area contributed by atoms with E-state index >= 15 is 0 Å². The molecule has 3 saturated heterocycles. The van der Waals surface area contributed by atoms with Crippen LogP contribution in [0.25, 0.3) is 10.4 Å². The minimum Gasteiger partial charge on any atom is -0.442 e. The molecule has 1 amide bonds. The molecule has 3 aliphatic rings. The number of thiazole rings is 1. The summed E-state index contributed by atoms with van der Waals surface area (Å²) in [5.41, 5.74) is 2.54. The van der Waals surface area contributed by atoms with Gasteiger partial charge in [-0.3, -0.25) is 5.32 Å². The predicted molar refractivity (Wildman–Crippen MR) is 109 cm³/mol. The van der Waals surface area contributed by atoms with Crippen molar-refractivity contribution in [2.75, 3.05) is 30.8 Å². The molecule has 2 N–H and O–H groups in total. The second-order valence-electron chi connectivity index (χ2n) is 6.70. The second-order valence-corrected chi connectivity index (χ2v) is 7.55. The van der Waals surface area contributed by atoms with Gasteiger partial charge < -0.3 is 9.64 Å². The predicted octanol–water partition coefficient (Wildman–Crippen LogP) is 3.58. The molecule has 1 aromatic carbocycles. The molecule has 0 spiro atoms. The Balaban J connectivity index is 0.000000948. The lowest BCUT2D eigenvalue weighted by Gasteiger charge is -2.35. The van der Waals surface area contributed by atoms with E-state index in [1.54, 1.807) is 10.4 Å². The van der Waals surface area contributed by atoms with E-state index in [0.717, 1.165) is 49.2 Å². The summed E-state index contributed by atoms with van der Waals surface area (Å²) in [7, 11) is 0. The van der Waals surface area contributed by atoms with Crippen LogP contribution in [0.3, 0.4) is 0 Å². The summed E-state index contributed by atoms with van der Waals surface area (Å²) in [6.07, 6.45) is 3.68. The monoisotopic (exact) mass is 438 g/mol. The summed E-state index contributed by atoms with van der Waals surface area (Å²) in [6, 6.07) is 9.99. The van der Waals surface area contributed by atoms with Gasteiger partial charge in [0.2, 0.25) is 0 Å². The largest absolute Gasteiger partial charge is 0.442 e. The number of piperidine rings is 1. The SMILES string of the molecule is CBr.O=C(Nc1ncsc1-c1ccccc1)OC12CCC[NH+](CC1)CC2. The van der Waals surface area contributed by atoms with Gasteiger partial charge in [-0.25, -0.2) is 9.78 Å². The standard InChI is InChI=1S/C18H21N3O2S.CH3Br/c22-17(23-18-7-4-10-21(11-8-18)12-9-18)20-16-15(24-13-19-16)14-5-2-1-3-6-14;1-2/h1-3,5-6,13H,4,7-12H2,(H,20,22);1H3/p+1. The fraction of sp³-hybridized carbons (Fsp3) is 0.474. The highest BCUT2D eigenvalue weighted by Crippen LogP contribution is 2.33. The minimum absolute atomic E-state index is 0.271. The van der Waals surface area contributed by atoms with E-state index < -0.39 is 0 Å². The number of ether oxygens (including phenoxy) is 1. The maximum absolute atomic E-state index is 12.5. The smallest absolute Gasteiger partial charge is 0.413 e. The van der Waals surface area contributed by atoms with Gasteiger partial charge in [-0.05, 0) is 17.8 Å². The molecular weight excluding hydrogens is 414 g/mol. The van der Waals surface area contributed by atoms with E-state index in [4.69, 9.17) is 4.74 Å². The number of alkyl halides is 1. The van der Waals surface area contributed by atoms with Gasteiger partial charge >= 0.3 is 6.09 Å². The molecular formula is C19H25BrN3O2S+. The van der Waals surface area contributed by atoms with Crippen LogP contribution in [-0.4, -0.2) is 42.1 Å². The van der Waals surface area contributed by atoms with E-state index in [2.05, 4.69) is 26.2 Å². The summed E-state index contributed by atoms with van der Waals surface area (Å²) in [4.78, 5) is 19.4. The van der Waals surface area contributed by atoms with E-state index in [1.807, 2.05) is 36.2 Å². The molecule has 4 heterocycles. The van der Waals surface area contributed by atoms with E-state index in [9.17, 15) is 4.79 Å². The van der Waals surface area contributed by atoms with E-state index in [0.29, 0.717) is 5.82 Å². The lowest BCUT2D eigenvalue weighted by Crippen LogP contribution is -3.13. The summed E-state index contributed by atoms with van der Waals surface area (Å²) in [5, 5.41) is 2.86. The molecule has 0 unspecified atom stereocenters. The lowest BCUT2D eigenvalue weighted by atomic mass is 9.89. The first-order chi connectivity index (χ1) is 12.7. The molecule has 3 fully saturated rings. The van der Waals surface area contributed by atoms with Crippen molar-refractivity contribution in [1.82, 2.24) is 4.98 Å². The molecule has 1 aromatic heterocycles. The van der Waals surface area contributed by atoms with Gasteiger partial charge in [0, 0.05) is 19.3 Å². The van der Waals surface area contributed by atoms with Crippen LogP contribution in [-0.2, 0) is 4.74 Å². The zero-order chi connectivity index (χ0) is 18.4. The number of halogens is 1. The Kier molecular flexibility index (Phi) is 6.67. The molecule has 0 saturated carbocycles. The third kappa shape index (κ3) is 4.45. The van der Waals surface area contributed by atoms with Crippen LogP contribution in [0.15, 0.2) is 35.8 Å². The third-order valence-corrected chi connectivity index (χ3v) is 6.04. The van der Waals surface area contributed by atoms with Crippen LogP contribution in [0.2, 0.25) is 0 Å². The van der Waals surface area contributed by atoms with Gasteiger partial charge in [0.25, 0.3) is 0 Å². The van der Waals surface area contributed by atoms with Crippen LogP contribution in [0.1, 0.15) is 25.7 Å². The van der Waals surface area contributed by atoms with Crippen LogP contribution < -0.4 is 10.2 Å². The normalized spacial score (nSPS) is 24.2. The topological polar surface area (TPSA) is 55.7 Å². The van der Waals surface area contributed by atoms with Crippen LogP contribution in [0.4, 0.5) is 10.6 Å². The number of rotatable bonds is 3. The Hall–Kier alpha value is -1.44. The number of amides is 1. The number of aromatic nitrogens is 1. The summed E-state index contributed by atoms with van der Waals surface area (Å²) in [6.45, 7) is 3.43. The third-order valence-electron chi connectivity index (χ3n) is 5.16. The van der Waals surface area contributed by atoms with Crippen molar-refractivity contribution in [3.8, 4) is 10.4 Å². The molecule has 0 atom stereocenters. The number of quaternary nitrogens is 1. The summed E-state index contributed by atoms with van der Waals surface area (Å²) < 4.78 is 5.91. The van der Waals surface area contributed by atoms with Crippen molar-refractivity contribution in [1.29, 1.82) is 0 Å². The number of fused-ring (bicyclic) bond motifs is 4. The molecule has 0 aliphatic carbocycles. The van der Waals surface area contributed by atoms with Crippen molar-refractivity contribution in [2.24, 2.45) is 0 Å². The van der Waals surface area contributed by atoms with E-state index in [1.165, 1.54) is 17.9 Å². The molecule has 0 radical (unpaired) electrons. The number of hydrogen-bond acceptors (Lipinski definition) is 4. The maximum Gasteiger partial charge on any atom is 0.413 e. The highest BCUT2D eigenvalue weighted by atomic mass is 79.9. The van der Waals surface area contributed by atoms with Crippen LogP contribution in [0.5, 0.6) is 0 Å². The average Bonchev–Trinajstić information content (AvgIpc) is 2.93. The number of nitrogens with one attached hydrogen (secondary N) is 2. The van der Waals surface area contributed by atoms with Gasteiger partial charge in [-0.15, -0.1) is 11.3 Å². The Morgan fingerprint density at radius 1 is 1.19 bits per heavy atom. The molecule has 5 nitrogen and oxygen atoms in total. The fourth-order valence-corrected chi connectivity index (χ4v) is 4.57. The molecule has 2 aromatic rings. The zero-order valence-electron chi connectivity index (χ0n) is 15.0. The number of hydrogen-bond donors (Lipinski definition) is 2. The van der Waals surface area contributed by atoms with Crippen molar-refractivity contribution in [3.63, 3.8) is 0 Å². The highest BCUT2D eigenvalue weighted by Gasteiger charge is 2.42. The number of benzene rings is 1. The van der Waals surface area contributed by atoms with Crippen molar-refractivity contribution in [2.45, 2.75) is 31.3 Å². The lowest BCUT2D eigenvalue weighted by molar-refractivity contribution is -0.904. The van der Waals surface area contributed by atoms with Gasteiger partial charge in [0.1, 0.15) is 5.60 Å². The zero-order valence-corrected chi connectivity index (χ0v) is 17.4. The van der Waals surface area contributed by atoms with Crippen LogP contribution in [0, 0.1) is 0 Å². The van der Waals surface area contributed by atoms with Crippen LogP contribution >= 0.6 is 27.3 Å². The van der Waals surface area contributed by atoms with Crippen molar-refractivity contribution >= 4 is 39.2 Å². The van der Waals surface area contributed by atoms with E-state index in [-0.39, 0.29) is 11.7 Å². The number of nitrogens with zero attached hydrogens (tertiary/aromatic N) is 1. The first-order valence-corrected chi connectivity index (χ1v) is 11.4. The molecule has 7 heteroatoms. The number of carbonyl (C=O) groups is 1. The van der Waals surface area contributed by atoms with Gasteiger partial charge in [0.15, 0.2) is 5.82 Å². The fourth-order valence-electron chi connectivity index (χ4n) is 3.82. The first-order valence-electron chi connectivity index (χ1n) is 8.94. The Labute approximate surface area is 166 Å². The molecule has 26 heavy (non-hydrogen) atoms. The second kappa shape index (κ2) is 8.97. The average molecular weight is 439 g/mol. The molecule has 3 aliphatic heterocycles. The quantitative estimate of drug-likeness (QED) is 0.719. The molecule has 5 rings (SSSR count). The highest BCUT2D eigenvalue weighted by molar-refractivity contribution is 9.08. The number of carbonyl (C=O) groups excluding carboxylic acids is 1. The van der Waals surface area contributed by atoms with Gasteiger partial charge in [-0.2, -0.15) is 0 Å². The summed E-state index contributed by atoms with van der Waals surface area (Å²) in [5.74, 6) is 2.40. The number of anilines is 1. The maximum atomic E-state index is 12.5. The Morgan fingerprint density at radius 2 is 1.92 bits per heavy atom. The Morgan fingerprint density at radius 3 is 2.65 bits per heavy atom. The minimum atomic E-state index is -0.372. The van der Waals surface area contributed by atoms with Gasteiger partial charge in [-0.1, -0.05) is 46.3 Å². The Bertz CT molecular complexity index is 709. The molecule has 140 valence electrons. The molecule has 2 bridgehead atoms. The van der Waals surface area contributed by atoms with Gasteiger partial charge in [0.05, 0.1) is 30.0 Å². The summed E-state index contributed by atoms with van der Waals surface area (Å²) >= 11 is 4.46. The first kappa shape index (κ1) is 19.3. The van der Waals surface area contributed by atoms with Crippen molar-refractivity contribution < 1.29 is 14.4 Å². The van der Waals surface area contributed by atoms with Crippen molar-refractivity contribution in [3.05, 3.63) is 35.8 Å².